The number of hydrogen-bond donors (Lipinski definition) is 2. The average Bonchev–Trinajstić information content (AvgIpc) is 3.00. The maximum atomic E-state index is 5.73. The minimum Gasteiger partial charge on any atom is -0.490 e. The van der Waals surface area contributed by atoms with Crippen molar-refractivity contribution in [3.05, 3.63) is 40.8 Å². The number of nitrogens with one attached hydrogen (secondary N) is 2. The van der Waals surface area contributed by atoms with Gasteiger partial charge >= 0.3 is 0 Å². The average molecular weight is 516 g/mol. The molecule has 0 spiro atoms. The first-order chi connectivity index (χ1) is 13.5. The van der Waals surface area contributed by atoms with Crippen molar-refractivity contribution in [1.29, 1.82) is 0 Å². The summed E-state index contributed by atoms with van der Waals surface area (Å²) in [5.74, 6) is 3.14. The molecule has 0 aliphatic carbocycles. The van der Waals surface area contributed by atoms with Gasteiger partial charge in [-0.2, -0.15) is 0 Å². The molecular formula is C21H33IN4O3. The summed E-state index contributed by atoms with van der Waals surface area (Å²) >= 11 is 0. The van der Waals surface area contributed by atoms with Crippen molar-refractivity contribution in [2.24, 2.45) is 4.99 Å². The summed E-state index contributed by atoms with van der Waals surface area (Å²) in [5.41, 5.74) is 3.18. The number of hydrogen-bond acceptors (Lipinski definition) is 5. The van der Waals surface area contributed by atoms with Crippen LogP contribution >= 0.6 is 24.0 Å². The van der Waals surface area contributed by atoms with Crippen molar-refractivity contribution in [1.82, 2.24) is 15.8 Å². The van der Waals surface area contributed by atoms with Gasteiger partial charge in [0, 0.05) is 19.2 Å². The van der Waals surface area contributed by atoms with Crippen molar-refractivity contribution >= 4 is 29.9 Å². The third kappa shape index (κ3) is 7.09. The zero-order chi connectivity index (χ0) is 20.5. The van der Waals surface area contributed by atoms with Gasteiger partial charge in [-0.15, -0.1) is 24.0 Å². The summed E-state index contributed by atoms with van der Waals surface area (Å²) in [6.07, 6.45) is 0.827. The summed E-state index contributed by atoms with van der Waals surface area (Å²) in [7, 11) is 1.77. The number of guanidine groups is 1. The minimum atomic E-state index is 0. The van der Waals surface area contributed by atoms with E-state index >= 15 is 0 Å². The van der Waals surface area contributed by atoms with E-state index in [1.54, 1.807) is 7.05 Å². The van der Waals surface area contributed by atoms with Crippen LogP contribution in [0.1, 0.15) is 49.4 Å². The molecule has 162 valence electrons. The Hall–Kier alpha value is -1.97. The summed E-state index contributed by atoms with van der Waals surface area (Å²) in [5, 5.41) is 10.8. The fraction of sp³-hybridized carbons (Fsp3) is 0.524. The Labute approximate surface area is 190 Å². The Morgan fingerprint density at radius 1 is 1.17 bits per heavy atom. The topological polar surface area (TPSA) is 80.9 Å². The molecule has 8 heteroatoms. The van der Waals surface area contributed by atoms with E-state index in [1.807, 2.05) is 45.9 Å². The fourth-order valence-electron chi connectivity index (χ4n) is 2.98. The molecule has 1 aromatic carbocycles. The van der Waals surface area contributed by atoms with E-state index in [4.69, 9.17) is 14.0 Å². The number of rotatable bonds is 9. The molecule has 1 heterocycles. The highest BCUT2D eigenvalue weighted by Gasteiger charge is 2.13. The Bertz CT molecular complexity index is 773. The van der Waals surface area contributed by atoms with Crippen LogP contribution in [0.3, 0.4) is 0 Å². The van der Waals surface area contributed by atoms with Crippen molar-refractivity contribution in [3.63, 3.8) is 0 Å². The molecule has 0 fully saturated rings. The number of ether oxygens (including phenoxy) is 2. The van der Waals surface area contributed by atoms with Crippen molar-refractivity contribution < 1.29 is 14.0 Å². The fourth-order valence-corrected chi connectivity index (χ4v) is 2.98. The van der Waals surface area contributed by atoms with Gasteiger partial charge in [0.2, 0.25) is 0 Å². The van der Waals surface area contributed by atoms with Gasteiger partial charge in [-0.25, -0.2) is 0 Å². The monoisotopic (exact) mass is 516 g/mol. The molecule has 1 aromatic heterocycles. The molecule has 29 heavy (non-hydrogen) atoms. The Morgan fingerprint density at radius 2 is 1.86 bits per heavy atom. The lowest BCUT2D eigenvalue weighted by Gasteiger charge is -2.20. The minimum absolute atomic E-state index is 0. The largest absolute Gasteiger partial charge is 0.490 e. The van der Waals surface area contributed by atoms with E-state index in [1.165, 1.54) is 0 Å². The number of aryl methyl sites for hydroxylation is 2. The normalized spacial score (nSPS) is 12.1. The highest BCUT2D eigenvalue weighted by molar-refractivity contribution is 14.0. The second-order valence-corrected chi connectivity index (χ2v) is 6.49. The van der Waals surface area contributed by atoms with Crippen molar-refractivity contribution in [2.75, 3.05) is 26.8 Å². The predicted molar refractivity (Wildman–Crippen MR) is 127 cm³/mol. The van der Waals surface area contributed by atoms with Gasteiger partial charge in [-0.05, 0) is 58.7 Å². The first-order valence-electron chi connectivity index (χ1n) is 9.78. The molecular weight excluding hydrogens is 483 g/mol. The van der Waals surface area contributed by atoms with Crippen molar-refractivity contribution in [2.45, 2.75) is 47.1 Å². The van der Waals surface area contributed by atoms with E-state index in [0.29, 0.717) is 13.2 Å². The third-order valence-corrected chi connectivity index (χ3v) is 4.49. The van der Waals surface area contributed by atoms with E-state index in [0.717, 1.165) is 53.0 Å². The van der Waals surface area contributed by atoms with Gasteiger partial charge in [0.1, 0.15) is 5.76 Å². The number of nitrogens with zero attached hydrogens (tertiary/aromatic N) is 2. The van der Waals surface area contributed by atoms with Crippen LogP contribution in [-0.2, 0) is 6.42 Å². The Kier molecular flexibility index (Phi) is 10.9. The SMILES string of the molecule is CCOc1ccc(C(C)NC(=NC)NCCc2c(C)noc2C)cc1OCC.I. The lowest BCUT2D eigenvalue weighted by Crippen LogP contribution is -2.39. The van der Waals surface area contributed by atoms with Crippen molar-refractivity contribution in [3.8, 4) is 11.5 Å². The highest BCUT2D eigenvalue weighted by Crippen LogP contribution is 2.30. The Morgan fingerprint density at radius 3 is 2.45 bits per heavy atom. The number of aliphatic imine (C=N–C) groups is 1. The highest BCUT2D eigenvalue weighted by atomic mass is 127. The third-order valence-electron chi connectivity index (χ3n) is 4.49. The van der Waals surface area contributed by atoms with E-state index in [2.05, 4.69) is 27.7 Å². The predicted octanol–water partition coefficient (Wildman–Crippen LogP) is 4.18. The molecule has 1 unspecified atom stereocenters. The van der Waals surface area contributed by atoms with Crippen LogP contribution in [0.25, 0.3) is 0 Å². The van der Waals surface area contributed by atoms with Gasteiger partial charge in [-0.1, -0.05) is 11.2 Å². The van der Waals surface area contributed by atoms with Gasteiger partial charge in [0.05, 0.1) is 24.9 Å². The molecule has 0 aliphatic rings. The van der Waals surface area contributed by atoms with Crippen LogP contribution in [-0.4, -0.2) is 37.9 Å². The van der Waals surface area contributed by atoms with Crippen LogP contribution in [0.2, 0.25) is 0 Å². The standard InChI is InChI=1S/C21H32N4O3.HI/c1-7-26-19-10-9-17(13-20(19)27-8-2)14(3)24-21(22-6)23-12-11-18-15(4)25-28-16(18)5;/h9-10,13-14H,7-8,11-12H2,1-6H3,(H2,22,23,24);1H. The summed E-state index contributed by atoms with van der Waals surface area (Å²) in [4.78, 5) is 4.32. The zero-order valence-electron chi connectivity index (χ0n) is 18.2. The van der Waals surface area contributed by atoms with Gasteiger partial charge in [0.15, 0.2) is 17.5 Å². The summed E-state index contributed by atoms with van der Waals surface area (Å²) < 4.78 is 16.6. The van der Waals surface area contributed by atoms with Gasteiger partial charge < -0.3 is 24.6 Å². The maximum absolute atomic E-state index is 5.73. The molecule has 7 nitrogen and oxygen atoms in total. The van der Waals surface area contributed by atoms with Gasteiger partial charge in [-0.3, -0.25) is 4.99 Å². The molecule has 1 atom stereocenters. The lowest BCUT2D eigenvalue weighted by atomic mass is 10.1. The summed E-state index contributed by atoms with van der Waals surface area (Å²) in [6, 6.07) is 6.07. The summed E-state index contributed by atoms with van der Waals surface area (Å²) in [6.45, 7) is 11.9. The second kappa shape index (κ2) is 12.6. The molecule has 2 rings (SSSR count). The molecule has 2 N–H and O–H groups in total. The molecule has 2 aromatic rings. The first-order valence-corrected chi connectivity index (χ1v) is 9.78. The van der Waals surface area contributed by atoms with Crippen LogP contribution in [0.5, 0.6) is 11.5 Å². The van der Waals surface area contributed by atoms with Gasteiger partial charge in [0.25, 0.3) is 0 Å². The molecule has 0 amide bonds. The smallest absolute Gasteiger partial charge is 0.191 e. The molecule has 0 saturated heterocycles. The molecule has 0 saturated carbocycles. The first kappa shape index (κ1) is 25.1. The lowest BCUT2D eigenvalue weighted by molar-refractivity contribution is 0.287. The zero-order valence-corrected chi connectivity index (χ0v) is 20.5. The number of aromatic nitrogens is 1. The quantitative estimate of drug-likeness (QED) is 0.296. The molecule has 0 bridgehead atoms. The number of benzene rings is 1. The second-order valence-electron chi connectivity index (χ2n) is 6.49. The number of halogens is 1. The van der Waals surface area contributed by atoms with Crippen LogP contribution in [0, 0.1) is 13.8 Å². The molecule has 0 aliphatic heterocycles. The maximum Gasteiger partial charge on any atom is 0.191 e. The van der Waals surface area contributed by atoms with E-state index in [-0.39, 0.29) is 30.0 Å². The van der Waals surface area contributed by atoms with Crippen LogP contribution in [0.15, 0.2) is 27.7 Å². The molecule has 0 radical (unpaired) electrons. The van der Waals surface area contributed by atoms with Crippen LogP contribution in [0.4, 0.5) is 0 Å². The van der Waals surface area contributed by atoms with Crippen LogP contribution < -0.4 is 20.1 Å². The Balaban J connectivity index is 0.00000420. The van der Waals surface area contributed by atoms with E-state index in [9.17, 15) is 0 Å². The van der Waals surface area contributed by atoms with E-state index < -0.39 is 0 Å².